The molecule has 2 aromatic carbocycles. The predicted octanol–water partition coefficient (Wildman–Crippen LogP) is 6.13. The molecule has 2 aromatic rings. The van der Waals surface area contributed by atoms with Crippen LogP contribution in [0.4, 0.5) is 0 Å². The molecule has 7 heteroatoms. The first-order chi connectivity index (χ1) is 15.0. The average molecular weight is 476 g/mol. The average Bonchev–Trinajstić information content (AvgIpc) is 2.97. The fraction of sp³-hybridized carbons (Fsp3) is 0.360. The largest absolute Gasteiger partial charge is 0.507 e. The van der Waals surface area contributed by atoms with Crippen LogP contribution in [-0.4, -0.2) is 35.4 Å². The first-order valence-electron chi connectivity index (χ1n) is 10.4. The van der Waals surface area contributed by atoms with Crippen molar-refractivity contribution >= 4 is 40.7 Å². The van der Waals surface area contributed by atoms with Crippen molar-refractivity contribution in [1.29, 1.82) is 0 Å². The van der Waals surface area contributed by atoms with Crippen molar-refractivity contribution in [3.05, 3.63) is 68.7 Å². The van der Waals surface area contributed by atoms with Crippen molar-refractivity contribution in [2.45, 2.75) is 45.6 Å². The molecule has 1 unspecified atom stereocenters. The lowest BCUT2D eigenvalue weighted by Crippen LogP contribution is -2.30. The van der Waals surface area contributed by atoms with E-state index in [0.717, 1.165) is 11.1 Å². The van der Waals surface area contributed by atoms with Gasteiger partial charge in [0, 0.05) is 11.6 Å². The number of rotatable bonds is 5. The van der Waals surface area contributed by atoms with Crippen LogP contribution in [0.2, 0.25) is 10.0 Å². The van der Waals surface area contributed by atoms with Gasteiger partial charge < -0.3 is 14.7 Å². The normalized spacial score (nSPS) is 18.3. The Morgan fingerprint density at radius 3 is 2.28 bits per heavy atom. The van der Waals surface area contributed by atoms with Gasteiger partial charge in [0.05, 0.1) is 29.3 Å². The van der Waals surface area contributed by atoms with Crippen molar-refractivity contribution in [2.75, 3.05) is 13.7 Å². The van der Waals surface area contributed by atoms with Crippen LogP contribution in [0, 0.1) is 0 Å². The molecule has 1 aliphatic heterocycles. The number of hydrogen-bond donors (Lipinski definition) is 1. The molecule has 5 nitrogen and oxygen atoms in total. The summed E-state index contributed by atoms with van der Waals surface area (Å²) in [6.45, 7) is 8.64. The first-order valence-corrected chi connectivity index (χ1v) is 11.2. The minimum Gasteiger partial charge on any atom is -0.507 e. The monoisotopic (exact) mass is 475 g/mol. The summed E-state index contributed by atoms with van der Waals surface area (Å²) in [5.41, 5.74) is 1.96. The first kappa shape index (κ1) is 24.1. The number of methoxy groups -OCH3 is 1. The summed E-state index contributed by atoms with van der Waals surface area (Å²) in [7, 11) is 1.41. The van der Waals surface area contributed by atoms with Crippen molar-refractivity contribution in [3.63, 3.8) is 0 Å². The summed E-state index contributed by atoms with van der Waals surface area (Å²) < 4.78 is 5.35. The molecule has 1 aliphatic rings. The van der Waals surface area contributed by atoms with Gasteiger partial charge in [0.25, 0.3) is 11.7 Å². The van der Waals surface area contributed by atoms with E-state index in [9.17, 15) is 14.7 Å². The van der Waals surface area contributed by atoms with E-state index in [2.05, 4.69) is 20.8 Å². The molecule has 32 heavy (non-hydrogen) atoms. The van der Waals surface area contributed by atoms with E-state index >= 15 is 0 Å². The number of carbonyl (C=O) groups is 2. The number of aliphatic hydroxyl groups is 1. The molecular weight excluding hydrogens is 449 g/mol. The number of hydrogen-bond acceptors (Lipinski definition) is 4. The van der Waals surface area contributed by atoms with Crippen molar-refractivity contribution < 1.29 is 19.4 Å². The summed E-state index contributed by atoms with van der Waals surface area (Å²) in [6.07, 6.45) is 0.663. The van der Waals surface area contributed by atoms with Crippen molar-refractivity contribution in [2.24, 2.45) is 0 Å². The second kappa shape index (κ2) is 9.16. The zero-order valence-corrected chi connectivity index (χ0v) is 20.3. The molecule has 0 spiro atoms. The van der Waals surface area contributed by atoms with Gasteiger partial charge in [-0.2, -0.15) is 0 Å². The van der Waals surface area contributed by atoms with Crippen LogP contribution < -0.4 is 4.74 Å². The molecule has 1 fully saturated rings. The number of likely N-dealkylation sites (tertiary alicyclic amines) is 1. The molecule has 1 atom stereocenters. The van der Waals surface area contributed by atoms with E-state index in [1.54, 1.807) is 0 Å². The summed E-state index contributed by atoms with van der Waals surface area (Å²) >= 11 is 12.4. The second-order valence-electron chi connectivity index (χ2n) is 8.83. The zero-order chi connectivity index (χ0) is 23.8. The maximum Gasteiger partial charge on any atom is 0.295 e. The molecule has 0 bridgehead atoms. The smallest absolute Gasteiger partial charge is 0.295 e. The number of amides is 1. The molecule has 0 aromatic heterocycles. The van der Waals surface area contributed by atoms with Crippen LogP contribution in [0.25, 0.3) is 5.76 Å². The summed E-state index contributed by atoms with van der Waals surface area (Å²) in [5, 5.41) is 11.7. The highest BCUT2D eigenvalue weighted by atomic mass is 35.5. The van der Waals surface area contributed by atoms with E-state index in [1.807, 2.05) is 31.2 Å². The zero-order valence-electron chi connectivity index (χ0n) is 18.8. The molecule has 1 amide bonds. The number of benzene rings is 2. The highest BCUT2D eigenvalue weighted by Crippen LogP contribution is 2.43. The predicted molar refractivity (Wildman–Crippen MR) is 127 cm³/mol. The molecule has 1 heterocycles. The van der Waals surface area contributed by atoms with Gasteiger partial charge in [0.1, 0.15) is 11.5 Å². The fourth-order valence-corrected chi connectivity index (χ4v) is 4.52. The third-order valence-corrected chi connectivity index (χ3v) is 6.06. The molecule has 0 radical (unpaired) electrons. The number of ketones is 1. The van der Waals surface area contributed by atoms with Crippen LogP contribution in [0.1, 0.15) is 56.8 Å². The van der Waals surface area contributed by atoms with Crippen molar-refractivity contribution in [3.8, 4) is 5.75 Å². The van der Waals surface area contributed by atoms with Crippen LogP contribution >= 0.6 is 23.2 Å². The van der Waals surface area contributed by atoms with E-state index in [0.29, 0.717) is 13.0 Å². The molecule has 0 aliphatic carbocycles. The van der Waals surface area contributed by atoms with Crippen LogP contribution in [-0.2, 0) is 15.0 Å². The molecular formula is C25H27Cl2NO4. The molecule has 0 saturated carbocycles. The van der Waals surface area contributed by atoms with E-state index in [-0.39, 0.29) is 38.1 Å². The third kappa shape index (κ3) is 4.37. The lowest BCUT2D eigenvalue weighted by Gasteiger charge is -2.26. The van der Waals surface area contributed by atoms with Gasteiger partial charge in [-0.25, -0.2) is 0 Å². The van der Waals surface area contributed by atoms with Gasteiger partial charge in [-0.15, -0.1) is 0 Å². The number of aliphatic hydroxyl groups excluding tert-OH is 1. The Morgan fingerprint density at radius 2 is 1.75 bits per heavy atom. The highest BCUT2D eigenvalue weighted by Gasteiger charge is 2.46. The Kier molecular flexibility index (Phi) is 6.91. The van der Waals surface area contributed by atoms with Crippen LogP contribution in [0.15, 0.2) is 42.0 Å². The van der Waals surface area contributed by atoms with Gasteiger partial charge >= 0.3 is 0 Å². The molecule has 1 saturated heterocycles. The second-order valence-corrected chi connectivity index (χ2v) is 9.68. The third-order valence-electron chi connectivity index (χ3n) is 5.56. The Bertz CT molecular complexity index is 1080. The molecule has 1 N–H and O–H groups in total. The quantitative estimate of drug-likeness (QED) is 0.320. The maximum atomic E-state index is 13.1. The molecule has 170 valence electrons. The van der Waals surface area contributed by atoms with Crippen molar-refractivity contribution in [1.82, 2.24) is 4.90 Å². The van der Waals surface area contributed by atoms with E-state index in [1.165, 1.54) is 24.1 Å². The Morgan fingerprint density at radius 1 is 1.12 bits per heavy atom. The number of nitrogens with zero attached hydrogens (tertiary/aromatic N) is 1. The number of ether oxygens (including phenoxy) is 1. The summed E-state index contributed by atoms with van der Waals surface area (Å²) in [5.74, 6) is -1.59. The van der Waals surface area contributed by atoms with Gasteiger partial charge in [0.2, 0.25) is 0 Å². The van der Waals surface area contributed by atoms with Gasteiger partial charge in [-0.1, -0.05) is 75.2 Å². The maximum absolute atomic E-state index is 13.1. The van der Waals surface area contributed by atoms with Gasteiger partial charge in [-0.05, 0) is 35.1 Å². The summed E-state index contributed by atoms with van der Waals surface area (Å²) in [4.78, 5) is 27.5. The Balaban J connectivity index is 2.25. The van der Waals surface area contributed by atoms with Gasteiger partial charge in [-0.3, -0.25) is 9.59 Å². The minimum absolute atomic E-state index is 0.0106. The Labute approximate surface area is 198 Å². The minimum atomic E-state index is -0.751. The SMILES string of the molecule is CCCN1C(=O)C(=O)/C(=C(/O)c2cc(Cl)cc(Cl)c2OC)C1c1ccc(C(C)(C)C)cc1. The van der Waals surface area contributed by atoms with E-state index in [4.69, 9.17) is 27.9 Å². The molecule has 3 rings (SSSR count). The lowest BCUT2D eigenvalue weighted by atomic mass is 9.85. The number of carbonyl (C=O) groups excluding carboxylic acids is 2. The Hall–Kier alpha value is -2.50. The topological polar surface area (TPSA) is 66.8 Å². The van der Waals surface area contributed by atoms with Crippen LogP contribution in [0.3, 0.4) is 0 Å². The lowest BCUT2D eigenvalue weighted by molar-refractivity contribution is -0.139. The highest BCUT2D eigenvalue weighted by molar-refractivity contribution is 6.46. The van der Waals surface area contributed by atoms with Gasteiger partial charge in [0.15, 0.2) is 0 Å². The number of halogens is 2. The van der Waals surface area contributed by atoms with E-state index < -0.39 is 17.7 Å². The number of Topliss-reactive ketones (excluding diaryl/α,β-unsaturated/α-hetero) is 1. The fourth-order valence-electron chi connectivity index (χ4n) is 3.95. The van der Waals surface area contributed by atoms with Crippen LogP contribution in [0.5, 0.6) is 5.75 Å². The standard InChI is InChI=1S/C25H27Cl2NO4/c1-6-11-28-20(14-7-9-15(10-8-14)25(2,3)4)19(22(30)24(28)31)21(29)17-12-16(26)13-18(27)23(17)32-5/h7-10,12-13,20,29H,6,11H2,1-5H3/b21-19+. The summed E-state index contributed by atoms with van der Waals surface area (Å²) in [6, 6.07) is 9.98.